The van der Waals surface area contributed by atoms with Crippen LogP contribution in [0, 0.1) is 13.8 Å². The van der Waals surface area contributed by atoms with Crippen molar-refractivity contribution in [3.8, 4) is 0 Å². The molecule has 0 saturated carbocycles. The maximum Gasteiger partial charge on any atom is 0.298 e. The first kappa shape index (κ1) is 17.6. The van der Waals surface area contributed by atoms with E-state index in [1.54, 1.807) is 22.3 Å². The number of nitrogens with zero attached hydrogens (tertiary/aromatic N) is 4. The fraction of sp³-hybridized carbons (Fsp3) is 0.389. The molecule has 0 saturated heterocycles. The fourth-order valence-electron chi connectivity index (χ4n) is 2.65. The zero-order chi connectivity index (χ0) is 18.0. The minimum Gasteiger partial charge on any atom is -0.351 e. The van der Waals surface area contributed by atoms with Crippen molar-refractivity contribution in [2.24, 2.45) is 0 Å². The lowest BCUT2D eigenvalue weighted by molar-refractivity contribution is 0.0950. The van der Waals surface area contributed by atoms with E-state index in [1.165, 1.54) is 11.8 Å². The summed E-state index contributed by atoms with van der Waals surface area (Å²) >= 11 is 1.55. The van der Waals surface area contributed by atoms with E-state index in [0.29, 0.717) is 11.7 Å². The molecule has 0 N–H and O–H groups in total. The van der Waals surface area contributed by atoms with Crippen LogP contribution in [0.3, 0.4) is 0 Å². The maximum absolute atomic E-state index is 12.9. The fourth-order valence-corrected chi connectivity index (χ4v) is 3.79. The van der Waals surface area contributed by atoms with Gasteiger partial charge in [-0.15, -0.1) is 0 Å². The molecule has 7 heteroatoms. The first-order valence-electron chi connectivity index (χ1n) is 8.21. The van der Waals surface area contributed by atoms with Crippen molar-refractivity contribution in [3.63, 3.8) is 0 Å². The highest BCUT2D eigenvalue weighted by atomic mass is 32.1. The van der Waals surface area contributed by atoms with Crippen molar-refractivity contribution < 1.29 is 9.32 Å². The number of amides is 1. The van der Waals surface area contributed by atoms with Gasteiger partial charge in [0.05, 0.1) is 16.4 Å². The summed E-state index contributed by atoms with van der Waals surface area (Å²) in [5, 5.41) is 4.35. The van der Waals surface area contributed by atoms with Gasteiger partial charge in [-0.05, 0) is 52.0 Å². The lowest BCUT2D eigenvalue weighted by Gasteiger charge is -2.19. The molecular weight excluding hydrogens is 336 g/mol. The number of rotatable bonds is 6. The van der Waals surface area contributed by atoms with Crippen molar-refractivity contribution in [2.75, 3.05) is 32.1 Å². The topological polar surface area (TPSA) is 62.5 Å². The minimum absolute atomic E-state index is 0.203. The van der Waals surface area contributed by atoms with Gasteiger partial charge in [0.15, 0.2) is 5.13 Å². The summed E-state index contributed by atoms with van der Waals surface area (Å²) in [4.78, 5) is 21.4. The number of hydrogen-bond donors (Lipinski definition) is 0. The Balaban J connectivity index is 1.97. The van der Waals surface area contributed by atoms with Gasteiger partial charge in [0.1, 0.15) is 0 Å². The van der Waals surface area contributed by atoms with Crippen molar-refractivity contribution in [1.82, 2.24) is 15.0 Å². The Labute approximate surface area is 151 Å². The van der Waals surface area contributed by atoms with Crippen LogP contribution in [0.5, 0.6) is 0 Å². The van der Waals surface area contributed by atoms with E-state index in [4.69, 9.17) is 9.51 Å². The molecule has 0 aliphatic rings. The Morgan fingerprint density at radius 2 is 1.92 bits per heavy atom. The van der Waals surface area contributed by atoms with Crippen LogP contribution in [0.2, 0.25) is 0 Å². The molecule has 2 aromatic heterocycles. The highest BCUT2D eigenvalue weighted by Gasteiger charge is 2.24. The lowest BCUT2D eigenvalue weighted by Crippen LogP contribution is -2.33. The molecule has 3 rings (SSSR count). The van der Waals surface area contributed by atoms with Gasteiger partial charge in [-0.25, -0.2) is 4.98 Å². The van der Waals surface area contributed by atoms with E-state index in [1.807, 2.05) is 21.0 Å². The molecule has 0 aliphatic heterocycles. The van der Waals surface area contributed by atoms with E-state index >= 15 is 0 Å². The Bertz CT molecular complexity index is 832. The molecule has 6 nitrogen and oxygen atoms in total. The summed E-state index contributed by atoms with van der Waals surface area (Å²) in [7, 11) is 4.04. The van der Waals surface area contributed by atoms with Crippen LogP contribution in [0.25, 0.3) is 10.2 Å². The molecule has 0 radical (unpaired) electrons. The van der Waals surface area contributed by atoms with Gasteiger partial charge in [-0.2, -0.15) is 0 Å². The van der Waals surface area contributed by atoms with Gasteiger partial charge < -0.3 is 9.42 Å². The molecule has 132 valence electrons. The monoisotopic (exact) mass is 358 g/mol. The third kappa shape index (κ3) is 3.72. The van der Waals surface area contributed by atoms with E-state index in [0.717, 1.165) is 28.7 Å². The highest BCUT2D eigenvalue weighted by molar-refractivity contribution is 7.22. The van der Waals surface area contributed by atoms with Crippen LogP contribution >= 0.6 is 11.3 Å². The predicted octanol–water partition coefficient (Wildman–Crippen LogP) is 3.50. The Hall–Kier alpha value is -2.25. The van der Waals surface area contributed by atoms with Crippen LogP contribution in [0.15, 0.2) is 28.9 Å². The first-order chi connectivity index (χ1) is 12.0. The van der Waals surface area contributed by atoms with Crippen LogP contribution in [-0.4, -0.2) is 48.1 Å². The number of thiazole rings is 1. The normalized spacial score (nSPS) is 11.4. The van der Waals surface area contributed by atoms with Gasteiger partial charge >= 0.3 is 0 Å². The van der Waals surface area contributed by atoms with Gasteiger partial charge in [-0.3, -0.25) is 9.69 Å². The van der Waals surface area contributed by atoms with Gasteiger partial charge in [-0.1, -0.05) is 28.6 Å². The number of carbonyl (C=O) groups excluding carboxylic acids is 1. The standard InChI is InChI=1S/C18H22N4O2S/c1-12-6-7-13(2)16-15(12)20-18(25-16)22(11-5-10-21(3)4)17(23)14-8-9-19-24-14/h6-9H,5,10-11H2,1-4H3. The summed E-state index contributed by atoms with van der Waals surface area (Å²) < 4.78 is 6.20. The summed E-state index contributed by atoms with van der Waals surface area (Å²) in [6, 6.07) is 5.75. The molecule has 0 atom stereocenters. The van der Waals surface area contributed by atoms with Crippen LogP contribution in [-0.2, 0) is 0 Å². The Kier molecular flexibility index (Phi) is 5.15. The smallest absolute Gasteiger partial charge is 0.298 e. The average Bonchev–Trinajstić information content (AvgIpc) is 3.24. The number of aromatic nitrogens is 2. The van der Waals surface area contributed by atoms with E-state index in [9.17, 15) is 4.79 Å². The molecule has 0 spiro atoms. The number of hydrogen-bond acceptors (Lipinski definition) is 6. The summed E-state index contributed by atoms with van der Waals surface area (Å²) in [6.45, 7) is 5.58. The third-order valence-corrected chi connectivity index (χ3v) is 5.26. The van der Waals surface area contributed by atoms with Crippen LogP contribution in [0.1, 0.15) is 28.1 Å². The number of benzene rings is 1. The van der Waals surface area contributed by atoms with Crippen LogP contribution in [0.4, 0.5) is 5.13 Å². The second-order valence-corrected chi connectivity index (χ2v) is 7.34. The molecule has 0 unspecified atom stereocenters. The Morgan fingerprint density at radius 1 is 1.16 bits per heavy atom. The first-order valence-corrected chi connectivity index (χ1v) is 9.03. The molecule has 0 fully saturated rings. The largest absolute Gasteiger partial charge is 0.351 e. The molecule has 1 amide bonds. The molecule has 0 aliphatic carbocycles. The number of carbonyl (C=O) groups is 1. The van der Waals surface area contributed by atoms with E-state index in [-0.39, 0.29) is 11.7 Å². The quantitative estimate of drug-likeness (QED) is 0.675. The van der Waals surface area contributed by atoms with Crippen molar-refractivity contribution in [1.29, 1.82) is 0 Å². The van der Waals surface area contributed by atoms with Crippen LogP contribution < -0.4 is 4.90 Å². The van der Waals surface area contributed by atoms with E-state index < -0.39 is 0 Å². The third-order valence-electron chi connectivity index (χ3n) is 4.04. The summed E-state index contributed by atoms with van der Waals surface area (Å²) in [5.41, 5.74) is 3.25. The Morgan fingerprint density at radius 3 is 2.56 bits per heavy atom. The number of aryl methyl sites for hydroxylation is 2. The van der Waals surface area contributed by atoms with Gasteiger partial charge in [0.2, 0.25) is 5.76 Å². The zero-order valence-corrected chi connectivity index (χ0v) is 15.8. The summed E-state index contributed by atoms with van der Waals surface area (Å²) in [6.07, 6.45) is 2.33. The highest BCUT2D eigenvalue weighted by Crippen LogP contribution is 2.33. The molecule has 0 bridgehead atoms. The molecule has 1 aromatic carbocycles. The summed E-state index contributed by atoms with van der Waals surface area (Å²) in [5.74, 6) is 0.0307. The second kappa shape index (κ2) is 7.33. The molecular formula is C18H22N4O2S. The minimum atomic E-state index is -0.203. The van der Waals surface area contributed by atoms with Gasteiger partial charge in [0, 0.05) is 12.6 Å². The molecule has 2 heterocycles. The zero-order valence-electron chi connectivity index (χ0n) is 14.9. The van der Waals surface area contributed by atoms with E-state index in [2.05, 4.69) is 29.1 Å². The SMILES string of the molecule is Cc1ccc(C)c2sc(N(CCCN(C)C)C(=O)c3ccno3)nc12. The lowest BCUT2D eigenvalue weighted by atomic mass is 10.1. The number of anilines is 1. The van der Waals surface area contributed by atoms with Crippen molar-refractivity contribution >= 4 is 32.6 Å². The predicted molar refractivity (Wildman–Crippen MR) is 100 cm³/mol. The van der Waals surface area contributed by atoms with Gasteiger partial charge in [0.25, 0.3) is 5.91 Å². The second-order valence-electron chi connectivity index (χ2n) is 6.36. The molecule has 3 aromatic rings. The molecule has 25 heavy (non-hydrogen) atoms. The average molecular weight is 358 g/mol. The van der Waals surface area contributed by atoms with Crippen molar-refractivity contribution in [3.05, 3.63) is 41.3 Å². The number of fused-ring (bicyclic) bond motifs is 1. The maximum atomic E-state index is 12.9. The van der Waals surface area contributed by atoms with Crippen molar-refractivity contribution in [2.45, 2.75) is 20.3 Å².